The van der Waals surface area contributed by atoms with E-state index in [2.05, 4.69) is 4.72 Å². The molecular formula is C22H28N2O3S. The van der Waals surface area contributed by atoms with Gasteiger partial charge >= 0.3 is 0 Å². The van der Waals surface area contributed by atoms with E-state index in [9.17, 15) is 13.2 Å². The molecule has 0 aliphatic carbocycles. The quantitative estimate of drug-likeness (QED) is 0.807. The molecule has 0 saturated carbocycles. The molecule has 0 unspecified atom stereocenters. The molecule has 5 nitrogen and oxygen atoms in total. The number of rotatable bonds is 6. The lowest BCUT2D eigenvalue weighted by Crippen LogP contribution is -2.36. The van der Waals surface area contributed by atoms with Crippen LogP contribution in [-0.2, 0) is 26.7 Å². The number of fused-ring (bicyclic) bond motifs is 1. The van der Waals surface area contributed by atoms with Crippen LogP contribution in [0.25, 0.3) is 0 Å². The molecule has 1 heterocycles. The molecule has 3 rings (SSSR count). The lowest BCUT2D eigenvalue weighted by atomic mass is 9.87. The van der Waals surface area contributed by atoms with Gasteiger partial charge in [0.1, 0.15) is 0 Å². The predicted molar refractivity (Wildman–Crippen MR) is 112 cm³/mol. The Morgan fingerprint density at radius 3 is 2.46 bits per heavy atom. The van der Waals surface area contributed by atoms with Crippen LogP contribution in [-0.4, -0.2) is 27.4 Å². The largest absolute Gasteiger partial charge is 0.311 e. The number of nitrogens with zero attached hydrogens (tertiary/aromatic N) is 1. The van der Waals surface area contributed by atoms with Crippen LogP contribution in [0.2, 0.25) is 0 Å². The molecule has 0 saturated heterocycles. The summed E-state index contributed by atoms with van der Waals surface area (Å²) in [4.78, 5) is 14.6. The van der Waals surface area contributed by atoms with Crippen molar-refractivity contribution in [1.82, 2.24) is 4.72 Å². The Kier molecular flexibility index (Phi) is 5.64. The first-order valence-electron chi connectivity index (χ1n) is 9.61. The highest BCUT2D eigenvalue weighted by molar-refractivity contribution is 7.89. The number of nitrogens with one attached hydrogen (secondary N) is 1. The van der Waals surface area contributed by atoms with E-state index in [1.54, 1.807) is 23.1 Å². The first-order valence-corrected chi connectivity index (χ1v) is 11.1. The van der Waals surface area contributed by atoms with Gasteiger partial charge in [-0.25, -0.2) is 13.1 Å². The predicted octanol–water partition coefficient (Wildman–Crippen LogP) is 3.49. The van der Waals surface area contributed by atoms with Crippen LogP contribution in [0.3, 0.4) is 0 Å². The van der Waals surface area contributed by atoms with Gasteiger partial charge in [0.2, 0.25) is 15.9 Å². The fourth-order valence-electron chi connectivity index (χ4n) is 3.59. The van der Waals surface area contributed by atoms with Crippen LogP contribution in [0, 0.1) is 5.92 Å². The maximum atomic E-state index is 12.8. The molecule has 0 spiro atoms. The van der Waals surface area contributed by atoms with Crippen molar-refractivity contribution in [1.29, 1.82) is 0 Å². The Hall–Kier alpha value is -2.18. The van der Waals surface area contributed by atoms with Gasteiger partial charge in [-0.05, 0) is 35.7 Å². The van der Waals surface area contributed by atoms with E-state index in [4.69, 9.17) is 0 Å². The van der Waals surface area contributed by atoms with Crippen molar-refractivity contribution in [3.05, 3.63) is 59.7 Å². The maximum Gasteiger partial charge on any atom is 0.240 e. The molecule has 0 atom stereocenters. The maximum absolute atomic E-state index is 12.8. The van der Waals surface area contributed by atoms with E-state index >= 15 is 0 Å². The monoisotopic (exact) mass is 400 g/mol. The van der Waals surface area contributed by atoms with Crippen molar-refractivity contribution in [2.75, 3.05) is 18.0 Å². The van der Waals surface area contributed by atoms with Gasteiger partial charge in [0.25, 0.3) is 0 Å². The Morgan fingerprint density at radius 2 is 1.82 bits per heavy atom. The molecule has 1 aliphatic heterocycles. The lowest BCUT2D eigenvalue weighted by molar-refractivity contribution is -0.121. The number of amides is 1. The molecule has 6 heteroatoms. The van der Waals surface area contributed by atoms with Gasteiger partial charge < -0.3 is 4.90 Å². The number of carbonyl (C=O) groups excluding carboxylic acids is 1. The first-order chi connectivity index (χ1) is 13.1. The second-order valence-electron chi connectivity index (χ2n) is 8.28. The van der Waals surface area contributed by atoms with Crippen LogP contribution >= 0.6 is 0 Å². The zero-order chi connectivity index (χ0) is 20.5. The van der Waals surface area contributed by atoms with Crippen molar-refractivity contribution in [2.45, 2.75) is 44.4 Å². The fourth-order valence-corrected chi connectivity index (χ4v) is 4.65. The Morgan fingerprint density at radius 1 is 1.14 bits per heavy atom. The summed E-state index contributed by atoms with van der Waals surface area (Å²) in [5.74, 6) is -0.0479. The van der Waals surface area contributed by atoms with Crippen LogP contribution in [0.15, 0.2) is 53.4 Å². The van der Waals surface area contributed by atoms with Crippen molar-refractivity contribution in [3.63, 3.8) is 0 Å². The second-order valence-corrected chi connectivity index (χ2v) is 10.0. The van der Waals surface area contributed by atoms with Crippen molar-refractivity contribution in [3.8, 4) is 0 Å². The van der Waals surface area contributed by atoms with E-state index in [1.165, 1.54) is 0 Å². The molecule has 0 aromatic heterocycles. The third-order valence-corrected chi connectivity index (χ3v) is 6.62. The molecule has 0 bridgehead atoms. The smallest absolute Gasteiger partial charge is 0.240 e. The molecule has 1 amide bonds. The highest BCUT2D eigenvalue weighted by Gasteiger charge is 2.39. The minimum absolute atomic E-state index is 0.0587. The third-order valence-electron chi connectivity index (χ3n) is 5.16. The lowest BCUT2D eigenvalue weighted by Gasteiger charge is -2.22. The summed E-state index contributed by atoms with van der Waals surface area (Å²) in [6, 6.07) is 14.8. The zero-order valence-electron chi connectivity index (χ0n) is 16.9. The molecule has 0 fully saturated rings. The van der Waals surface area contributed by atoms with Gasteiger partial charge in [0.15, 0.2) is 0 Å². The molecule has 1 N–H and O–H groups in total. The summed E-state index contributed by atoms with van der Waals surface area (Å²) in [6.07, 6.45) is 0.632. The third kappa shape index (κ3) is 4.13. The minimum atomic E-state index is -3.61. The highest BCUT2D eigenvalue weighted by Crippen LogP contribution is 2.42. The van der Waals surface area contributed by atoms with E-state index < -0.39 is 10.0 Å². The molecule has 2 aromatic rings. The van der Waals surface area contributed by atoms with Crippen LogP contribution < -0.4 is 9.62 Å². The topological polar surface area (TPSA) is 66.5 Å². The highest BCUT2D eigenvalue weighted by atomic mass is 32.2. The van der Waals surface area contributed by atoms with Crippen LogP contribution in [0.4, 0.5) is 5.69 Å². The van der Waals surface area contributed by atoms with Crippen molar-refractivity contribution >= 4 is 21.6 Å². The number of hydrogen-bond acceptors (Lipinski definition) is 3. The van der Waals surface area contributed by atoms with Gasteiger partial charge in [-0.15, -0.1) is 0 Å². The molecule has 2 aromatic carbocycles. The standard InChI is InChI=1S/C22H28N2O3S/c1-16(2)21(25)24-15-22(3,4)19-14-18(10-11-20(19)24)28(26,27)23-13-12-17-8-6-5-7-9-17/h5-11,14,16,23H,12-13,15H2,1-4H3. The SMILES string of the molecule is CC(C)C(=O)N1CC(C)(C)c2cc(S(=O)(=O)NCCc3ccccc3)ccc21. The normalized spacial score (nSPS) is 15.7. The summed E-state index contributed by atoms with van der Waals surface area (Å²) in [5, 5.41) is 0. The van der Waals surface area contributed by atoms with Crippen LogP contribution in [0.5, 0.6) is 0 Å². The van der Waals surface area contributed by atoms with Crippen molar-refractivity contribution < 1.29 is 13.2 Å². The Labute approximate surface area is 167 Å². The number of sulfonamides is 1. The number of carbonyl (C=O) groups is 1. The summed E-state index contributed by atoms with van der Waals surface area (Å²) in [6.45, 7) is 8.73. The molecule has 1 aliphatic rings. The summed E-state index contributed by atoms with van der Waals surface area (Å²) >= 11 is 0. The first kappa shape index (κ1) is 20.6. The van der Waals surface area contributed by atoms with Gasteiger partial charge in [0.05, 0.1) is 4.90 Å². The summed E-state index contributed by atoms with van der Waals surface area (Å²) in [7, 11) is -3.61. The molecular weight excluding hydrogens is 372 g/mol. The Bertz CT molecular complexity index is 967. The summed E-state index contributed by atoms with van der Waals surface area (Å²) < 4.78 is 28.2. The van der Waals surface area contributed by atoms with Crippen LogP contribution in [0.1, 0.15) is 38.8 Å². The average Bonchev–Trinajstić information content (AvgIpc) is 2.92. The zero-order valence-corrected chi connectivity index (χ0v) is 17.7. The molecule has 0 radical (unpaired) electrons. The number of hydrogen-bond donors (Lipinski definition) is 1. The van der Waals surface area contributed by atoms with Crippen molar-refractivity contribution in [2.24, 2.45) is 5.92 Å². The Balaban J connectivity index is 1.81. The molecule has 150 valence electrons. The van der Waals surface area contributed by atoms with Gasteiger partial charge in [-0.2, -0.15) is 0 Å². The minimum Gasteiger partial charge on any atom is -0.311 e. The van der Waals surface area contributed by atoms with Gasteiger partial charge in [-0.3, -0.25) is 4.79 Å². The molecule has 28 heavy (non-hydrogen) atoms. The van der Waals surface area contributed by atoms with E-state index in [1.807, 2.05) is 58.0 Å². The van der Waals surface area contributed by atoms with E-state index in [0.29, 0.717) is 19.5 Å². The average molecular weight is 401 g/mol. The van der Waals surface area contributed by atoms with Gasteiger partial charge in [0, 0.05) is 30.1 Å². The van der Waals surface area contributed by atoms with E-state index in [0.717, 1.165) is 16.8 Å². The fraction of sp³-hybridized carbons (Fsp3) is 0.409. The second kappa shape index (κ2) is 7.68. The summed E-state index contributed by atoms with van der Waals surface area (Å²) in [5.41, 5.74) is 2.50. The number of benzene rings is 2. The number of anilines is 1. The van der Waals surface area contributed by atoms with E-state index in [-0.39, 0.29) is 22.1 Å². The van der Waals surface area contributed by atoms with Gasteiger partial charge in [-0.1, -0.05) is 58.0 Å².